The zero-order valence-corrected chi connectivity index (χ0v) is 23.0. The Morgan fingerprint density at radius 3 is 2.27 bits per heavy atom. The third-order valence-corrected chi connectivity index (χ3v) is 9.37. The van der Waals surface area contributed by atoms with Crippen molar-refractivity contribution in [3.05, 3.63) is 108 Å². The molecule has 5 rings (SSSR count). The van der Waals surface area contributed by atoms with Gasteiger partial charge in [0.05, 0.1) is 18.3 Å². The summed E-state index contributed by atoms with van der Waals surface area (Å²) in [6.45, 7) is -0.0868. The van der Waals surface area contributed by atoms with Crippen LogP contribution < -0.4 is 0 Å². The minimum atomic E-state index is -4.27. The molecule has 0 radical (unpaired) electrons. The van der Waals surface area contributed by atoms with Crippen molar-refractivity contribution in [2.75, 3.05) is 13.7 Å². The molecular weight excluding hydrogens is 554 g/mol. The van der Waals surface area contributed by atoms with Gasteiger partial charge >= 0.3 is 11.9 Å². The van der Waals surface area contributed by atoms with Gasteiger partial charge in [-0.15, -0.1) is 0 Å². The van der Waals surface area contributed by atoms with E-state index in [9.17, 15) is 23.1 Å². The number of aromatic nitrogens is 2. The summed E-state index contributed by atoms with van der Waals surface area (Å²) in [5.74, 6) is -2.37. The van der Waals surface area contributed by atoms with Crippen molar-refractivity contribution >= 4 is 33.6 Å². The number of carboxylic acid groups (broad SMARTS) is 1. The van der Waals surface area contributed by atoms with Crippen molar-refractivity contribution in [1.29, 1.82) is 0 Å². The van der Waals surface area contributed by atoms with E-state index in [1.807, 2.05) is 18.2 Å². The molecule has 1 aliphatic rings. The van der Waals surface area contributed by atoms with Crippen molar-refractivity contribution in [3.8, 4) is 11.1 Å². The highest BCUT2D eigenvalue weighted by Crippen LogP contribution is 2.57. The predicted octanol–water partition coefficient (Wildman–Crippen LogP) is 4.69. The Morgan fingerprint density at radius 2 is 1.68 bits per heavy atom. The van der Waals surface area contributed by atoms with Crippen molar-refractivity contribution < 1.29 is 27.9 Å². The molecule has 11 heteroatoms. The summed E-state index contributed by atoms with van der Waals surface area (Å²) >= 11 is 5.99. The fraction of sp³-hybridized carbons (Fsp3) is 0.207. The van der Waals surface area contributed by atoms with Gasteiger partial charge in [0.1, 0.15) is 5.54 Å². The zero-order valence-electron chi connectivity index (χ0n) is 21.5. The summed E-state index contributed by atoms with van der Waals surface area (Å²) in [5, 5.41) is 11.0. The molecule has 0 unspecified atom stereocenters. The first-order valence-electron chi connectivity index (χ1n) is 12.4. The molecule has 9 nitrogen and oxygen atoms in total. The Bertz CT molecular complexity index is 1640. The highest BCUT2D eigenvalue weighted by molar-refractivity contribution is 7.89. The van der Waals surface area contributed by atoms with Crippen molar-refractivity contribution in [3.63, 3.8) is 0 Å². The molecule has 1 fully saturated rings. The number of aliphatic carboxylic acids is 1. The molecule has 0 aliphatic heterocycles. The predicted molar refractivity (Wildman–Crippen MR) is 149 cm³/mol. The highest BCUT2D eigenvalue weighted by atomic mass is 35.5. The van der Waals surface area contributed by atoms with Gasteiger partial charge in [-0.25, -0.2) is 18.2 Å². The van der Waals surface area contributed by atoms with Crippen molar-refractivity contribution in [1.82, 2.24) is 13.9 Å². The van der Waals surface area contributed by atoms with Gasteiger partial charge in [0.2, 0.25) is 10.0 Å². The van der Waals surface area contributed by atoms with Crippen LogP contribution in [0.3, 0.4) is 0 Å². The highest BCUT2D eigenvalue weighted by Gasteiger charge is 2.67. The molecule has 40 heavy (non-hydrogen) atoms. The molecule has 2 atom stereocenters. The number of sulfonamides is 1. The van der Waals surface area contributed by atoms with Crippen LogP contribution >= 0.6 is 11.6 Å². The van der Waals surface area contributed by atoms with Gasteiger partial charge < -0.3 is 14.4 Å². The van der Waals surface area contributed by atoms with Crippen LogP contribution in [0.15, 0.2) is 96.3 Å². The average molecular weight is 580 g/mol. The van der Waals surface area contributed by atoms with E-state index in [2.05, 4.69) is 9.72 Å². The SMILES string of the molecule is COC(=O)c1cn(CCN([C@]2(C(=O)O)C[C@H]2c2ccccc2)S(=O)(=O)c2ccc(-c3ccc(Cl)cc3)cc2)cn1. The number of ether oxygens (including phenoxy) is 1. The Morgan fingerprint density at radius 1 is 1.05 bits per heavy atom. The number of imidazole rings is 1. The molecule has 0 spiro atoms. The molecule has 3 aromatic carbocycles. The first-order chi connectivity index (χ1) is 19.2. The van der Waals surface area contributed by atoms with Gasteiger partial charge in [-0.2, -0.15) is 4.31 Å². The topological polar surface area (TPSA) is 119 Å². The Kier molecular flexibility index (Phi) is 7.50. The number of carboxylic acids is 1. The second-order valence-corrected chi connectivity index (χ2v) is 11.8. The Labute approximate surface area is 236 Å². The van der Waals surface area contributed by atoms with E-state index in [0.29, 0.717) is 5.02 Å². The smallest absolute Gasteiger partial charge is 0.358 e. The molecule has 1 heterocycles. The third-order valence-electron chi connectivity index (χ3n) is 7.16. The molecule has 0 amide bonds. The fourth-order valence-electron chi connectivity index (χ4n) is 4.97. The average Bonchev–Trinajstić information content (AvgIpc) is 3.54. The van der Waals surface area contributed by atoms with E-state index in [-0.39, 0.29) is 30.1 Å². The van der Waals surface area contributed by atoms with Crippen LogP contribution in [0.25, 0.3) is 11.1 Å². The van der Waals surface area contributed by atoms with Crippen LogP contribution in [0.5, 0.6) is 0 Å². The lowest BCUT2D eigenvalue weighted by Gasteiger charge is -2.29. The van der Waals surface area contributed by atoms with E-state index < -0.39 is 33.4 Å². The maximum Gasteiger partial charge on any atom is 0.358 e. The Hall–Kier alpha value is -3.99. The van der Waals surface area contributed by atoms with Crippen molar-refractivity contribution in [2.24, 2.45) is 0 Å². The second-order valence-electron chi connectivity index (χ2n) is 9.49. The number of hydrogen-bond acceptors (Lipinski definition) is 6. The molecule has 1 saturated carbocycles. The van der Waals surface area contributed by atoms with Gasteiger partial charge in [0.25, 0.3) is 0 Å². The lowest BCUT2D eigenvalue weighted by atomic mass is 10.1. The van der Waals surface area contributed by atoms with Gasteiger partial charge in [-0.05, 0) is 47.4 Å². The largest absolute Gasteiger partial charge is 0.480 e. The number of hydrogen-bond donors (Lipinski definition) is 1. The van der Waals surface area contributed by atoms with Gasteiger partial charge in [-0.3, -0.25) is 4.79 Å². The zero-order chi connectivity index (χ0) is 28.5. The second kappa shape index (κ2) is 10.9. The van der Waals surface area contributed by atoms with Gasteiger partial charge in [0.15, 0.2) is 5.69 Å². The number of rotatable bonds is 10. The van der Waals surface area contributed by atoms with Gasteiger partial charge in [-0.1, -0.05) is 66.2 Å². The molecule has 0 bridgehead atoms. The van der Waals surface area contributed by atoms with E-state index >= 15 is 0 Å². The molecule has 0 saturated heterocycles. The van der Waals surface area contributed by atoms with Crippen LogP contribution in [0.2, 0.25) is 5.02 Å². The van der Waals surface area contributed by atoms with Crippen LogP contribution in [0.4, 0.5) is 0 Å². The van der Waals surface area contributed by atoms with Crippen molar-refractivity contribution in [2.45, 2.75) is 29.3 Å². The summed E-state index contributed by atoms with van der Waals surface area (Å²) in [6.07, 6.45) is 2.95. The van der Waals surface area contributed by atoms with Crippen LogP contribution in [-0.2, 0) is 26.1 Å². The fourth-order valence-corrected chi connectivity index (χ4v) is 6.86. The van der Waals surface area contributed by atoms with E-state index in [0.717, 1.165) is 21.0 Å². The number of benzene rings is 3. The summed E-state index contributed by atoms with van der Waals surface area (Å²) in [5.41, 5.74) is 0.799. The number of halogens is 1. The first-order valence-corrected chi connectivity index (χ1v) is 14.3. The maximum atomic E-state index is 14.1. The summed E-state index contributed by atoms with van der Waals surface area (Å²) in [7, 11) is -3.03. The first kappa shape index (κ1) is 27.6. The van der Waals surface area contributed by atoms with Crippen LogP contribution in [-0.4, -0.2) is 58.5 Å². The van der Waals surface area contributed by atoms with Gasteiger partial charge in [0, 0.05) is 30.2 Å². The molecule has 206 valence electrons. The van der Waals surface area contributed by atoms with E-state index in [1.165, 1.54) is 36.3 Å². The number of carbonyl (C=O) groups is 2. The molecule has 1 aromatic heterocycles. The lowest BCUT2D eigenvalue weighted by molar-refractivity contribution is -0.143. The normalized spacial score (nSPS) is 18.4. The lowest BCUT2D eigenvalue weighted by Crippen LogP contribution is -2.49. The molecular formula is C29H26ClN3O6S. The summed E-state index contributed by atoms with van der Waals surface area (Å²) in [4.78, 5) is 28.6. The number of carbonyl (C=O) groups excluding carboxylic acids is 1. The third kappa shape index (κ3) is 5.13. The van der Waals surface area contributed by atoms with Crippen LogP contribution in [0, 0.1) is 0 Å². The number of nitrogens with zero attached hydrogens (tertiary/aromatic N) is 3. The standard InChI is InChI=1S/C29H26ClN3O6S/c1-39-27(34)26-18-32(19-31-26)15-16-33(29(28(35)36)17-25(29)22-5-3-2-4-6-22)40(37,38)24-13-9-21(10-14-24)20-7-11-23(30)12-8-20/h2-14,18-19,25H,15-17H2,1H3,(H,35,36)/t25-,29+/m0/s1. The molecule has 1 N–H and O–H groups in total. The minimum absolute atomic E-state index is 0.0227. The summed E-state index contributed by atoms with van der Waals surface area (Å²) in [6, 6.07) is 22.5. The van der Waals surface area contributed by atoms with E-state index in [1.54, 1.807) is 48.5 Å². The number of esters is 1. The van der Waals surface area contributed by atoms with Crippen LogP contribution in [0.1, 0.15) is 28.4 Å². The minimum Gasteiger partial charge on any atom is -0.480 e. The van der Waals surface area contributed by atoms with E-state index in [4.69, 9.17) is 11.6 Å². The molecule has 4 aromatic rings. The monoisotopic (exact) mass is 579 g/mol. The number of methoxy groups -OCH3 is 1. The summed E-state index contributed by atoms with van der Waals surface area (Å²) < 4.78 is 35.5. The maximum absolute atomic E-state index is 14.1. The quantitative estimate of drug-likeness (QED) is 0.271. The molecule has 1 aliphatic carbocycles. The Balaban J connectivity index is 1.50.